The van der Waals surface area contributed by atoms with E-state index in [2.05, 4.69) is 127 Å². The van der Waals surface area contributed by atoms with Crippen LogP contribution in [-0.2, 0) is 23.6 Å². The maximum Gasteiger partial charge on any atom is 0.149 e. The third-order valence-corrected chi connectivity index (χ3v) is 11.5. The van der Waals surface area contributed by atoms with Gasteiger partial charge in [-0.15, -0.1) is 0 Å². The Morgan fingerprint density at radius 2 is 1.37 bits per heavy atom. The van der Waals surface area contributed by atoms with Crippen LogP contribution in [0.2, 0.25) is 0 Å². The molecule has 0 amide bonds. The summed E-state index contributed by atoms with van der Waals surface area (Å²) in [6.45, 7) is 18.2. The Hall–Kier alpha value is -4.63. The number of hydrogen-bond donors (Lipinski definition) is 0. The minimum absolute atomic E-state index is 0.0319. The van der Waals surface area contributed by atoms with Crippen LogP contribution < -0.4 is 0 Å². The Kier molecular flexibility index (Phi) is 6.28. The number of aromatic nitrogens is 2. The third-order valence-electron chi connectivity index (χ3n) is 11.5. The molecule has 51 heavy (non-hydrogen) atoms. The summed E-state index contributed by atoms with van der Waals surface area (Å²) in [4.78, 5) is 5.42. The largest absolute Gasteiger partial charge is 0.455 e. The second kappa shape index (κ2) is 11.4. The van der Waals surface area contributed by atoms with E-state index in [1.165, 1.54) is 22.3 Å². The van der Waals surface area contributed by atoms with Gasteiger partial charge in [0.25, 0.3) is 0 Å². The molecular weight excluding hydrogens is 621 g/mol. The fourth-order valence-corrected chi connectivity index (χ4v) is 9.40. The number of benzene rings is 5. The Morgan fingerprint density at radius 1 is 0.706 bits per heavy atom. The van der Waals surface area contributed by atoms with Gasteiger partial charge in [-0.25, -0.2) is 4.98 Å². The van der Waals surface area contributed by atoms with Gasteiger partial charge in [-0.3, -0.25) is 4.57 Å². The fraction of sp³-hybridized carbons (Fsp3) is 0.354. The van der Waals surface area contributed by atoms with E-state index in [-0.39, 0.29) is 35.5 Å². The van der Waals surface area contributed by atoms with Crippen molar-refractivity contribution in [2.45, 2.75) is 110 Å². The predicted octanol–water partition coefficient (Wildman–Crippen LogP) is 13.3. The van der Waals surface area contributed by atoms with Crippen molar-refractivity contribution in [3.05, 3.63) is 118 Å². The quantitative estimate of drug-likeness (QED) is 0.182. The van der Waals surface area contributed by atoms with Gasteiger partial charge in [0, 0.05) is 21.8 Å². The molecule has 0 atom stereocenters. The molecule has 5 aromatic carbocycles. The number of aryl methyl sites for hydroxylation is 2. The first-order valence-electron chi connectivity index (χ1n) is 20.7. The molecule has 0 saturated heterocycles. The molecule has 0 N–H and O–H groups in total. The van der Waals surface area contributed by atoms with Crippen molar-refractivity contribution in [3.8, 4) is 28.2 Å². The molecule has 0 saturated carbocycles. The second-order valence-electron chi connectivity index (χ2n) is 16.8. The summed E-state index contributed by atoms with van der Waals surface area (Å²) >= 11 is 0. The number of fused-ring (bicyclic) bond motifs is 7. The van der Waals surface area contributed by atoms with E-state index in [1.54, 1.807) is 0 Å². The maximum atomic E-state index is 9.10. The molecule has 3 nitrogen and oxygen atoms in total. The summed E-state index contributed by atoms with van der Waals surface area (Å²) in [7, 11) is 0. The van der Waals surface area contributed by atoms with E-state index in [9.17, 15) is 0 Å². The molecule has 2 aliphatic carbocycles. The molecule has 0 unspecified atom stereocenters. The molecule has 0 fully saturated rings. The van der Waals surface area contributed by atoms with Crippen LogP contribution in [0.25, 0.3) is 61.2 Å². The van der Waals surface area contributed by atoms with E-state index in [1.807, 2.05) is 18.2 Å². The van der Waals surface area contributed by atoms with Crippen LogP contribution in [0.1, 0.15) is 125 Å². The molecule has 3 heteroatoms. The van der Waals surface area contributed by atoms with Gasteiger partial charge in [0.05, 0.1) is 22.3 Å². The normalized spacial score (nSPS) is 19.6. The smallest absolute Gasteiger partial charge is 0.149 e. The van der Waals surface area contributed by atoms with Crippen LogP contribution in [0.4, 0.5) is 0 Å². The topological polar surface area (TPSA) is 31.0 Å². The van der Waals surface area contributed by atoms with Gasteiger partial charge in [0.2, 0.25) is 0 Å². The molecule has 7 aromatic rings. The van der Waals surface area contributed by atoms with Crippen LogP contribution >= 0.6 is 0 Å². The zero-order chi connectivity index (χ0) is 39.0. The molecule has 0 bridgehead atoms. The Bertz CT molecular complexity index is 2670. The van der Waals surface area contributed by atoms with Crippen molar-refractivity contribution in [1.29, 1.82) is 0 Å². The highest BCUT2D eigenvalue weighted by atomic mass is 16.3. The van der Waals surface area contributed by atoms with E-state index < -0.39 is 12.7 Å². The number of nitrogens with zero attached hydrogens (tertiary/aromatic N) is 2. The van der Waals surface area contributed by atoms with Gasteiger partial charge in [-0.1, -0.05) is 110 Å². The molecule has 2 heterocycles. The minimum Gasteiger partial charge on any atom is -0.455 e. The highest BCUT2D eigenvalue weighted by molar-refractivity contribution is 6.11. The van der Waals surface area contributed by atoms with Crippen molar-refractivity contribution >= 4 is 33.0 Å². The van der Waals surface area contributed by atoms with E-state index >= 15 is 0 Å². The number of rotatable bonds is 5. The molecule has 258 valence electrons. The predicted molar refractivity (Wildman–Crippen MR) is 215 cm³/mol. The lowest BCUT2D eigenvalue weighted by atomic mass is 9.82. The first kappa shape index (κ1) is 28.0. The Morgan fingerprint density at radius 3 is 2.06 bits per heavy atom. The number of para-hydroxylation sites is 1. The molecule has 2 aliphatic rings. The standard InChI is InChI=1S/C48H50N2O/c1-28(2)37-23-33(30-15-10-9-11-16-30)24-38(29(3)4)43(37)50-41-26-32-18-13-12-17-31(32)25-40(41)49-46(50)36-20-14-19-34-35-21-22-39-42(45(35)51-44(34)36)48(7,8)27-47(39,5)6/h9-11,14-16,19-26,28-29H,12-13,17-18,27H2,1-8H3/i17D2,18D2. The van der Waals surface area contributed by atoms with Crippen LogP contribution in [0.5, 0.6) is 0 Å². The Labute approximate surface area is 308 Å². The van der Waals surface area contributed by atoms with Crippen molar-refractivity contribution in [3.63, 3.8) is 0 Å². The zero-order valence-electron chi connectivity index (χ0n) is 35.2. The molecule has 0 aliphatic heterocycles. The van der Waals surface area contributed by atoms with E-state index in [4.69, 9.17) is 14.9 Å². The minimum atomic E-state index is -1.68. The number of imidazole rings is 1. The lowest BCUT2D eigenvalue weighted by molar-refractivity contribution is 0.402. The molecular formula is C48H50N2O. The van der Waals surface area contributed by atoms with Crippen molar-refractivity contribution in [1.82, 2.24) is 9.55 Å². The zero-order valence-corrected chi connectivity index (χ0v) is 31.2. The van der Waals surface area contributed by atoms with E-state index in [0.717, 1.165) is 56.3 Å². The van der Waals surface area contributed by atoms with Crippen LogP contribution in [0.15, 0.2) is 89.3 Å². The van der Waals surface area contributed by atoms with Gasteiger partial charge in [-0.05, 0) is 124 Å². The van der Waals surface area contributed by atoms with Crippen LogP contribution in [-0.4, -0.2) is 9.55 Å². The van der Waals surface area contributed by atoms with Gasteiger partial charge in [0.1, 0.15) is 17.0 Å². The van der Waals surface area contributed by atoms with Crippen molar-refractivity contribution in [2.24, 2.45) is 0 Å². The average molecular weight is 675 g/mol. The summed E-state index contributed by atoms with van der Waals surface area (Å²) in [5, 5.41) is 2.13. The SMILES string of the molecule is [2H]C1([2H])CCC([2H])([2H])c2cc3c(cc21)nc(-c1cccc2c1oc1c4c(ccc12)C(C)(C)CC4(C)C)n3-c1c(C(C)C)cc(-c2ccccc2)cc1C(C)C. The van der Waals surface area contributed by atoms with Gasteiger partial charge < -0.3 is 4.42 Å². The third kappa shape index (κ3) is 4.94. The van der Waals surface area contributed by atoms with Crippen molar-refractivity contribution < 1.29 is 9.90 Å². The highest BCUT2D eigenvalue weighted by Crippen LogP contribution is 2.53. The maximum absolute atomic E-state index is 9.10. The average Bonchev–Trinajstić information content (AvgIpc) is 3.75. The van der Waals surface area contributed by atoms with Gasteiger partial charge in [0.15, 0.2) is 0 Å². The van der Waals surface area contributed by atoms with Gasteiger partial charge >= 0.3 is 0 Å². The number of hydrogen-bond acceptors (Lipinski definition) is 2. The van der Waals surface area contributed by atoms with Crippen LogP contribution in [0.3, 0.4) is 0 Å². The summed E-state index contributed by atoms with van der Waals surface area (Å²) in [5.41, 5.74) is 13.1. The monoisotopic (exact) mass is 674 g/mol. The lowest BCUT2D eigenvalue weighted by Gasteiger charge is -2.25. The van der Waals surface area contributed by atoms with Crippen molar-refractivity contribution in [2.75, 3.05) is 0 Å². The number of furan rings is 1. The van der Waals surface area contributed by atoms with Gasteiger partial charge in [-0.2, -0.15) is 0 Å². The molecule has 2 aromatic heterocycles. The highest BCUT2D eigenvalue weighted by Gasteiger charge is 2.44. The summed E-state index contributed by atoms with van der Waals surface area (Å²) in [6.07, 6.45) is -2.06. The Balaban J connectivity index is 1.42. The van der Waals surface area contributed by atoms with Crippen LogP contribution in [0, 0.1) is 0 Å². The second-order valence-corrected chi connectivity index (χ2v) is 16.8. The molecule has 9 rings (SSSR count). The lowest BCUT2D eigenvalue weighted by Crippen LogP contribution is -2.18. The first-order valence-corrected chi connectivity index (χ1v) is 18.7. The molecule has 0 radical (unpaired) electrons. The molecule has 0 spiro atoms. The summed E-state index contributed by atoms with van der Waals surface area (Å²) < 4.78 is 45.5. The summed E-state index contributed by atoms with van der Waals surface area (Å²) in [6, 6.07) is 29.7. The first-order chi connectivity index (χ1) is 25.9. The van der Waals surface area contributed by atoms with E-state index in [0.29, 0.717) is 22.5 Å². The summed E-state index contributed by atoms with van der Waals surface area (Å²) in [5.74, 6) is 1.00. The fourth-order valence-electron chi connectivity index (χ4n) is 9.40.